The van der Waals surface area contributed by atoms with E-state index in [1.807, 2.05) is 0 Å². The molecule has 1 fully saturated rings. The molecule has 0 aromatic heterocycles. The molecule has 0 bridgehead atoms. The molecule has 1 nitrogen and oxygen atoms in total. The molecule has 1 N–H and O–H groups in total. The van der Waals surface area contributed by atoms with Crippen molar-refractivity contribution in [3.05, 3.63) is 11.6 Å². The minimum Gasteiger partial charge on any atom is -0.310 e. The highest BCUT2D eigenvalue weighted by molar-refractivity contribution is 5.19. The highest BCUT2D eigenvalue weighted by Gasteiger charge is 2.37. The Kier molecular flexibility index (Phi) is 4.07. The van der Waals surface area contributed by atoms with Crippen LogP contribution in [0.2, 0.25) is 0 Å². The number of allylic oxidation sites excluding steroid dienone is 1. The summed E-state index contributed by atoms with van der Waals surface area (Å²) >= 11 is 0. The smallest absolute Gasteiger partial charge is 0.0333 e. The minimum atomic E-state index is 0.532. The minimum absolute atomic E-state index is 0.532. The van der Waals surface area contributed by atoms with Gasteiger partial charge in [0.15, 0.2) is 0 Å². The number of hydrogen-bond acceptors (Lipinski definition) is 1. The van der Waals surface area contributed by atoms with Crippen molar-refractivity contribution in [1.29, 1.82) is 0 Å². The lowest BCUT2D eigenvalue weighted by molar-refractivity contribution is 0.163. The summed E-state index contributed by atoms with van der Waals surface area (Å²) in [6.45, 7) is 5.87. The molecular formula is C15H27N. The molecule has 1 unspecified atom stereocenters. The van der Waals surface area contributed by atoms with E-state index in [9.17, 15) is 0 Å². The molecular weight excluding hydrogens is 194 g/mol. The summed E-state index contributed by atoms with van der Waals surface area (Å²) in [5.74, 6) is 0. The molecule has 0 aliphatic heterocycles. The van der Waals surface area contributed by atoms with Gasteiger partial charge in [-0.25, -0.2) is 0 Å². The van der Waals surface area contributed by atoms with Crippen LogP contribution < -0.4 is 5.32 Å². The molecule has 0 aromatic rings. The van der Waals surface area contributed by atoms with Gasteiger partial charge in [-0.15, -0.1) is 0 Å². The third-order valence-corrected chi connectivity index (χ3v) is 4.55. The summed E-state index contributed by atoms with van der Waals surface area (Å²) < 4.78 is 0. The van der Waals surface area contributed by atoms with Crippen LogP contribution in [0.15, 0.2) is 11.6 Å². The van der Waals surface area contributed by atoms with Gasteiger partial charge < -0.3 is 5.32 Å². The number of hydrogen-bond donors (Lipinski definition) is 1. The zero-order valence-electron chi connectivity index (χ0n) is 11.0. The molecule has 0 heterocycles. The third-order valence-electron chi connectivity index (χ3n) is 4.55. The van der Waals surface area contributed by atoms with Crippen LogP contribution in [0.3, 0.4) is 0 Å². The van der Waals surface area contributed by atoms with Crippen LogP contribution in [0.25, 0.3) is 0 Å². The summed E-state index contributed by atoms with van der Waals surface area (Å²) in [6, 6.07) is 0.667. The van der Waals surface area contributed by atoms with E-state index in [0.29, 0.717) is 11.5 Å². The van der Waals surface area contributed by atoms with Crippen LogP contribution in [0.4, 0.5) is 0 Å². The predicted octanol–water partition coefficient (Wildman–Crippen LogP) is 4.05. The highest BCUT2D eigenvalue weighted by Crippen LogP contribution is 2.43. The monoisotopic (exact) mass is 221 g/mol. The molecule has 1 saturated carbocycles. The molecule has 1 heteroatoms. The topological polar surface area (TPSA) is 12.0 Å². The molecule has 0 aromatic carbocycles. The lowest BCUT2D eigenvalue weighted by atomic mass is 9.68. The van der Waals surface area contributed by atoms with E-state index < -0.39 is 0 Å². The zero-order chi connectivity index (χ0) is 11.4. The standard InChI is InChI=1S/C15H27N/c1-3-16-14(13-9-5-6-10-13)15(2)11-7-4-8-12-15/h9,14,16H,3-8,10-12H2,1-2H3. The quantitative estimate of drug-likeness (QED) is 0.706. The third kappa shape index (κ3) is 2.51. The van der Waals surface area contributed by atoms with Gasteiger partial charge in [-0.3, -0.25) is 0 Å². The number of nitrogens with one attached hydrogen (secondary N) is 1. The lowest BCUT2D eigenvalue weighted by Crippen LogP contribution is -2.45. The molecule has 1 atom stereocenters. The van der Waals surface area contributed by atoms with Gasteiger partial charge in [0.2, 0.25) is 0 Å². The van der Waals surface area contributed by atoms with Crippen molar-refractivity contribution in [1.82, 2.24) is 5.32 Å². The molecule has 16 heavy (non-hydrogen) atoms. The number of rotatable bonds is 4. The molecule has 2 aliphatic rings. The maximum absolute atomic E-state index is 3.77. The number of likely N-dealkylation sites (N-methyl/N-ethyl adjacent to an activating group) is 1. The average Bonchev–Trinajstić information content (AvgIpc) is 2.80. The second-order valence-corrected chi connectivity index (χ2v) is 5.88. The van der Waals surface area contributed by atoms with Crippen LogP contribution in [0.5, 0.6) is 0 Å². The van der Waals surface area contributed by atoms with Gasteiger partial charge in [0.05, 0.1) is 0 Å². The van der Waals surface area contributed by atoms with E-state index in [1.165, 1.54) is 51.4 Å². The first-order chi connectivity index (χ1) is 7.76. The van der Waals surface area contributed by atoms with Crippen molar-refractivity contribution >= 4 is 0 Å². The maximum Gasteiger partial charge on any atom is 0.0333 e. The van der Waals surface area contributed by atoms with Crippen molar-refractivity contribution in [2.45, 2.75) is 71.3 Å². The SMILES string of the molecule is CCNC(C1=CCCC1)C1(C)CCCCC1. The largest absolute Gasteiger partial charge is 0.310 e. The Morgan fingerprint density at radius 3 is 2.56 bits per heavy atom. The molecule has 92 valence electrons. The van der Waals surface area contributed by atoms with Crippen LogP contribution in [0.1, 0.15) is 65.2 Å². The summed E-state index contributed by atoms with van der Waals surface area (Å²) in [4.78, 5) is 0. The zero-order valence-corrected chi connectivity index (χ0v) is 11.0. The Hall–Kier alpha value is -0.300. The molecule has 0 spiro atoms. The van der Waals surface area contributed by atoms with Crippen LogP contribution in [-0.2, 0) is 0 Å². The first kappa shape index (κ1) is 12.2. The Morgan fingerprint density at radius 2 is 2.00 bits per heavy atom. The van der Waals surface area contributed by atoms with E-state index in [1.54, 1.807) is 5.57 Å². The van der Waals surface area contributed by atoms with E-state index >= 15 is 0 Å². The van der Waals surface area contributed by atoms with Crippen molar-refractivity contribution in [2.24, 2.45) is 5.41 Å². The van der Waals surface area contributed by atoms with Gasteiger partial charge in [-0.05, 0) is 44.1 Å². The van der Waals surface area contributed by atoms with E-state index in [0.717, 1.165) is 6.54 Å². The van der Waals surface area contributed by atoms with Crippen LogP contribution in [-0.4, -0.2) is 12.6 Å². The van der Waals surface area contributed by atoms with Crippen molar-refractivity contribution in [3.63, 3.8) is 0 Å². The fourth-order valence-electron chi connectivity index (χ4n) is 3.64. The van der Waals surface area contributed by atoms with Gasteiger partial charge in [0, 0.05) is 6.04 Å². The van der Waals surface area contributed by atoms with E-state index in [2.05, 4.69) is 25.2 Å². The van der Waals surface area contributed by atoms with Crippen molar-refractivity contribution < 1.29 is 0 Å². The summed E-state index contributed by atoms with van der Waals surface area (Å²) in [7, 11) is 0. The lowest BCUT2D eigenvalue weighted by Gasteiger charge is -2.42. The molecule has 0 amide bonds. The van der Waals surface area contributed by atoms with E-state index in [-0.39, 0.29) is 0 Å². The Bertz CT molecular complexity index is 248. The average molecular weight is 221 g/mol. The fourth-order valence-corrected chi connectivity index (χ4v) is 3.64. The molecule has 0 radical (unpaired) electrons. The van der Waals surface area contributed by atoms with Gasteiger partial charge >= 0.3 is 0 Å². The fraction of sp³-hybridized carbons (Fsp3) is 0.867. The normalized spacial score (nSPS) is 26.5. The maximum atomic E-state index is 3.77. The summed E-state index contributed by atoms with van der Waals surface area (Å²) in [5, 5.41) is 3.77. The van der Waals surface area contributed by atoms with Gasteiger partial charge in [-0.1, -0.05) is 44.8 Å². The highest BCUT2D eigenvalue weighted by atomic mass is 14.9. The summed E-state index contributed by atoms with van der Waals surface area (Å²) in [6.07, 6.45) is 13.7. The second kappa shape index (κ2) is 5.35. The first-order valence-electron chi connectivity index (χ1n) is 7.18. The molecule has 2 aliphatic carbocycles. The van der Waals surface area contributed by atoms with E-state index in [4.69, 9.17) is 0 Å². The first-order valence-corrected chi connectivity index (χ1v) is 7.18. The van der Waals surface area contributed by atoms with Crippen LogP contribution >= 0.6 is 0 Å². The predicted molar refractivity (Wildman–Crippen MR) is 70.6 cm³/mol. The Morgan fingerprint density at radius 1 is 1.25 bits per heavy atom. The molecule has 2 rings (SSSR count). The Labute approximate surface area is 101 Å². The Balaban J connectivity index is 2.10. The van der Waals surface area contributed by atoms with Crippen molar-refractivity contribution in [3.8, 4) is 0 Å². The van der Waals surface area contributed by atoms with Crippen molar-refractivity contribution in [2.75, 3.05) is 6.54 Å². The molecule has 0 saturated heterocycles. The second-order valence-electron chi connectivity index (χ2n) is 5.88. The van der Waals surface area contributed by atoms with Gasteiger partial charge in [0.1, 0.15) is 0 Å². The van der Waals surface area contributed by atoms with Gasteiger partial charge in [-0.2, -0.15) is 0 Å². The summed E-state index contributed by atoms with van der Waals surface area (Å²) in [5.41, 5.74) is 2.25. The van der Waals surface area contributed by atoms with Crippen LogP contribution in [0, 0.1) is 5.41 Å². The van der Waals surface area contributed by atoms with Gasteiger partial charge in [0.25, 0.3) is 0 Å².